The Morgan fingerprint density at radius 3 is 2.53 bits per heavy atom. The van der Waals surface area contributed by atoms with E-state index in [1.807, 2.05) is 0 Å². The van der Waals surface area contributed by atoms with Gasteiger partial charge in [-0.2, -0.15) is 0 Å². The van der Waals surface area contributed by atoms with Crippen LogP contribution in [0.2, 0.25) is 18.1 Å². The Hall–Kier alpha value is -0.393. The smallest absolute Gasteiger partial charge is 0.250 e. The molecule has 0 bridgehead atoms. The molecule has 1 amide bonds. The monoisotopic (exact) mass is 287 g/mol. The van der Waals surface area contributed by atoms with Gasteiger partial charge in [0.15, 0.2) is 8.32 Å². The normalized spacial score (nSPS) is 28.6. The summed E-state index contributed by atoms with van der Waals surface area (Å²) in [6, 6.07) is 0. The topological polar surface area (TPSA) is 58.6 Å². The van der Waals surface area contributed by atoms with Crippen molar-refractivity contribution in [3.05, 3.63) is 0 Å². The molecule has 1 aliphatic rings. The first-order chi connectivity index (χ1) is 8.51. The van der Waals surface area contributed by atoms with Crippen molar-refractivity contribution in [2.45, 2.75) is 83.3 Å². The van der Waals surface area contributed by atoms with Crippen molar-refractivity contribution in [1.29, 1.82) is 0 Å². The molecule has 0 saturated carbocycles. The van der Waals surface area contributed by atoms with Crippen LogP contribution in [0.5, 0.6) is 0 Å². The van der Waals surface area contributed by atoms with Crippen molar-refractivity contribution in [3.8, 4) is 0 Å². The first-order valence-corrected chi connectivity index (χ1v) is 10.1. The van der Waals surface area contributed by atoms with E-state index >= 15 is 0 Å². The largest absolute Gasteiger partial charge is 0.405 e. The summed E-state index contributed by atoms with van der Waals surface area (Å²) in [4.78, 5) is 12.0. The van der Waals surface area contributed by atoms with Gasteiger partial charge in [0.2, 0.25) is 5.91 Å². The standard InChI is InChI=1S/C14H29NO3Si/c1-7-8-9-14(17)10-11(12(16)15-14)18-19(5,6)13(2,3)4/h11,17H,7-10H2,1-6H3,(H,15,16)/t11-,14?/m0/s1. The van der Waals surface area contributed by atoms with E-state index < -0.39 is 20.1 Å². The van der Waals surface area contributed by atoms with Crippen LogP contribution in [0.15, 0.2) is 0 Å². The van der Waals surface area contributed by atoms with E-state index in [1.165, 1.54) is 0 Å². The number of carbonyl (C=O) groups excluding carboxylic acids is 1. The van der Waals surface area contributed by atoms with E-state index in [1.54, 1.807) is 0 Å². The summed E-state index contributed by atoms with van der Waals surface area (Å²) in [5.74, 6) is -0.163. The summed E-state index contributed by atoms with van der Waals surface area (Å²) in [6.45, 7) is 12.8. The van der Waals surface area contributed by atoms with Gasteiger partial charge in [-0.05, 0) is 31.0 Å². The van der Waals surface area contributed by atoms with Gasteiger partial charge in [0.1, 0.15) is 11.8 Å². The molecule has 0 aromatic carbocycles. The molecule has 0 aromatic rings. The molecule has 4 nitrogen and oxygen atoms in total. The van der Waals surface area contributed by atoms with Gasteiger partial charge in [-0.3, -0.25) is 4.79 Å². The Morgan fingerprint density at radius 1 is 1.47 bits per heavy atom. The maximum Gasteiger partial charge on any atom is 0.250 e. The van der Waals surface area contributed by atoms with Crippen molar-refractivity contribution in [1.82, 2.24) is 5.32 Å². The van der Waals surface area contributed by atoms with Crippen molar-refractivity contribution in [2.24, 2.45) is 0 Å². The van der Waals surface area contributed by atoms with Crippen LogP contribution < -0.4 is 5.32 Å². The Labute approximate surface area is 118 Å². The second-order valence-electron chi connectivity index (χ2n) is 7.20. The van der Waals surface area contributed by atoms with Crippen LogP contribution >= 0.6 is 0 Å². The SMILES string of the molecule is CCCCC1(O)C[C@H](O[Si](C)(C)C(C)(C)C)C(=O)N1. The molecule has 1 saturated heterocycles. The van der Waals surface area contributed by atoms with Gasteiger partial charge in [-0.1, -0.05) is 34.1 Å². The summed E-state index contributed by atoms with van der Waals surface area (Å²) in [7, 11) is -1.98. The van der Waals surface area contributed by atoms with Crippen molar-refractivity contribution >= 4 is 14.2 Å². The Balaban J connectivity index is 2.69. The number of amides is 1. The molecule has 112 valence electrons. The van der Waals surface area contributed by atoms with Gasteiger partial charge in [-0.15, -0.1) is 0 Å². The highest BCUT2D eigenvalue weighted by molar-refractivity contribution is 6.74. The zero-order valence-electron chi connectivity index (χ0n) is 13.2. The minimum absolute atomic E-state index is 0.0669. The first-order valence-electron chi connectivity index (χ1n) is 7.23. The lowest BCUT2D eigenvalue weighted by Gasteiger charge is -2.37. The van der Waals surface area contributed by atoms with E-state index in [0.717, 1.165) is 12.8 Å². The molecule has 1 unspecified atom stereocenters. The molecular weight excluding hydrogens is 258 g/mol. The van der Waals surface area contributed by atoms with Crippen molar-refractivity contribution in [2.75, 3.05) is 0 Å². The number of hydrogen-bond acceptors (Lipinski definition) is 3. The van der Waals surface area contributed by atoms with Crippen LogP contribution in [0.25, 0.3) is 0 Å². The number of hydrogen-bond donors (Lipinski definition) is 2. The zero-order valence-corrected chi connectivity index (χ0v) is 14.2. The lowest BCUT2D eigenvalue weighted by Crippen LogP contribution is -2.45. The highest BCUT2D eigenvalue weighted by Crippen LogP contribution is 2.39. The maximum absolute atomic E-state index is 12.0. The predicted molar refractivity (Wildman–Crippen MR) is 79.3 cm³/mol. The Kier molecular flexibility index (Phi) is 4.86. The van der Waals surface area contributed by atoms with Gasteiger partial charge < -0.3 is 14.8 Å². The van der Waals surface area contributed by atoms with E-state index in [0.29, 0.717) is 12.8 Å². The van der Waals surface area contributed by atoms with Crippen LogP contribution in [-0.4, -0.2) is 31.2 Å². The summed E-state index contributed by atoms with van der Waals surface area (Å²) in [5, 5.41) is 13.1. The van der Waals surface area contributed by atoms with Gasteiger partial charge >= 0.3 is 0 Å². The van der Waals surface area contributed by atoms with Gasteiger partial charge in [-0.25, -0.2) is 0 Å². The number of nitrogens with one attached hydrogen (secondary N) is 1. The van der Waals surface area contributed by atoms with E-state index in [9.17, 15) is 9.90 Å². The Bertz CT molecular complexity index is 338. The third kappa shape index (κ3) is 4.03. The molecule has 5 heteroatoms. The van der Waals surface area contributed by atoms with Gasteiger partial charge in [0.05, 0.1) is 0 Å². The highest BCUT2D eigenvalue weighted by Gasteiger charge is 2.47. The Morgan fingerprint density at radius 2 is 2.05 bits per heavy atom. The van der Waals surface area contributed by atoms with Crippen LogP contribution in [0.4, 0.5) is 0 Å². The van der Waals surface area contributed by atoms with E-state index in [2.05, 4.69) is 46.1 Å². The molecule has 0 radical (unpaired) electrons. The molecule has 1 rings (SSSR count). The zero-order chi connectivity index (χ0) is 14.9. The summed E-state index contributed by atoms with van der Waals surface area (Å²) in [5.41, 5.74) is -1.07. The van der Waals surface area contributed by atoms with Crippen LogP contribution in [0.3, 0.4) is 0 Å². The molecule has 1 aliphatic heterocycles. The number of carbonyl (C=O) groups is 1. The molecule has 2 atom stereocenters. The lowest BCUT2D eigenvalue weighted by molar-refractivity contribution is -0.126. The molecule has 19 heavy (non-hydrogen) atoms. The molecular formula is C14H29NO3Si. The molecule has 0 spiro atoms. The predicted octanol–water partition coefficient (Wildman–Crippen LogP) is 2.78. The molecule has 0 aliphatic carbocycles. The van der Waals surface area contributed by atoms with E-state index in [4.69, 9.17) is 4.43 Å². The van der Waals surface area contributed by atoms with Crippen molar-refractivity contribution in [3.63, 3.8) is 0 Å². The minimum Gasteiger partial charge on any atom is -0.405 e. The van der Waals surface area contributed by atoms with E-state index in [-0.39, 0.29) is 10.9 Å². The fraction of sp³-hybridized carbons (Fsp3) is 0.929. The summed E-state index contributed by atoms with van der Waals surface area (Å²) < 4.78 is 6.12. The maximum atomic E-state index is 12.0. The first kappa shape index (κ1) is 16.7. The second-order valence-corrected chi connectivity index (χ2v) is 12.0. The minimum atomic E-state index is -1.98. The summed E-state index contributed by atoms with van der Waals surface area (Å²) in [6.07, 6.45) is 2.39. The van der Waals surface area contributed by atoms with Crippen molar-refractivity contribution < 1.29 is 14.3 Å². The number of aliphatic hydroxyl groups is 1. The average molecular weight is 287 g/mol. The third-order valence-corrected chi connectivity index (χ3v) is 8.84. The highest BCUT2D eigenvalue weighted by atomic mass is 28.4. The van der Waals surface area contributed by atoms with Crippen LogP contribution in [-0.2, 0) is 9.22 Å². The van der Waals surface area contributed by atoms with Gasteiger partial charge in [0.25, 0.3) is 0 Å². The number of unbranched alkanes of at least 4 members (excludes halogenated alkanes) is 1. The quantitative estimate of drug-likeness (QED) is 0.764. The molecule has 2 N–H and O–H groups in total. The molecule has 1 heterocycles. The van der Waals surface area contributed by atoms with Gasteiger partial charge in [0, 0.05) is 6.42 Å². The molecule has 1 fully saturated rings. The average Bonchev–Trinajstić information content (AvgIpc) is 2.49. The fourth-order valence-corrected chi connectivity index (χ4v) is 3.28. The number of rotatable bonds is 5. The lowest BCUT2D eigenvalue weighted by atomic mass is 10.0. The second kappa shape index (κ2) is 5.54. The molecule has 0 aromatic heterocycles. The summed E-state index contributed by atoms with van der Waals surface area (Å²) >= 11 is 0. The third-order valence-electron chi connectivity index (χ3n) is 4.36. The fourth-order valence-electron chi connectivity index (χ4n) is 2.02. The van der Waals surface area contributed by atoms with Crippen LogP contribution in [0.1, 0.15) is 53.4 Å². The van der Waals surface area contributed by atoms with Crippen LogP contribution in [0, 0.1) is 0 Å².